The van der Waals surface area contributed by atoms with Crippen molar-refractivity contribution in [3.05, 3.63) is 29.3 Å². The van der Waals surface area contributed by atoms with Gasteiger partial charge in [-0.25, -0.2) is 0 Å². The van der Waals surface area contributed by atoms with E-state index in [-0.39, 0.29) is 12.5 Å². The first-order valence-electron chi connectivity index (χ1n) is 5.15. The van der Waals surface area contributed by atoms with Gasteiger partial charge in [-0.1, -0.05) is 11.6 Å². The van der Waals surface area contributed by atoms with Crippen molar-refractivity contribution in [1.29, 1.82) is 0 Å². The zero-order valence-corrected chi connectivity index (χ0v) is 9.78. The van der Waals surface area contributed by atoms with Gasteiger partial charge in [-0.3, -0.25) is 4.79 Å². The highest BCUT2D eigenvalue weighted by atomic mass is 16.5. The molecule has 0 aromatic heterocycles. The topological polar surface area (TPSA) is 58.6 Å². The molecule has 0 fully saturated rings. The van der Waals surface area contributed by atoms with Crippen molar-refractivity contribution in [3.8, 4) is 5.75 Å². The molecule has 1 amide bonds. The molecule has 0 spiro atoms. The van der Waals surface area contributed by atoms with Gasteiger partial charge in [-0.15, -0.1) is 0 Å². The average molecular weight is 223 g/mol. The largest absolute Gasteiger partial charge is 0.496 e. The summed E-state index contributed by atoms with van der Waals surface area (Å²) in [4.78, 5) is 11.8. The highest BCUT2D eigenvalue weighted by Gasteiger charge is 2.12. The van der Waals surface area contributed by atoms with Gasteiger partial charge in [-0.2, -0.15) is 0 Å². The molecule has 1 aromatic carbocycles. The Balaban J connectivity index is 2.84. The maximum Gasteiger partial charge on any atom is 0.255 e. The second kappa shape index (κ2) is 5.51. The molecule has 88 valence electrons. The van der Waals surface area contributed by atoms with E-state index in [0.29, 0.717) is 11.3 Å². The third kappa shape index (κ3) is 3.24. The lowest BCUT2D eigenvalue weighted by Gasteiger charge is -2.11. The molecule has 1 unspecified atom stereocenters. The van der Waals surface area contributed by atoms with Gasteiger partial charge in [0.05, 0.1) is 18.8 Å². The van der Waals surface area contributed by atoms with Gasteiger partial charge in [-0.05, 0) is 26.0 Å². The number of benzene rings is 1. The van der Waals surface area contributed by atoms with E-state index in [1.165, 1.54) is 7.11 Å². The number of aliphatic hydroxyl groups excluding tert-OH is 1. The third-order valence-corrected chi connectivity index (χ3v) is 2.16. The van der Waals surface area contributed by atoms with E-state index in [1.54, 1.807) is 19.1 Å². The molecule has 0 saturated heterocycles. The van der Waals surface area contributed by atoms with Gasteiger partial charge < -0.3 is 15.2 Å². The van der Waals surface area contributed by atoms with Crippen LogP contribution in [0.15, 0.2) is 18.2 Å². The number of carbonyl (C=O) groups is 1. The molecule has 0 bridgehead atoms. The Morgan fingerprint density at radius 3 is 2.81 bits per heavy atom. The normalized spacial score (nSPS) is 12.0. The molecular formula is C12H17NO3. The van der Waals surface area contributed by atoms with Crippen molar-refractivity contribution in [2.75, 3.05) is 13.7 Å². The quantitative estimate of drug-likeness (QED) is 0.804. The molecule has 4 heteroatoms. The van der Waals surface area contributed by atoms with Crippen LogP contribution >= 0.6 is 0 Å². The fraction of sp³-hybridized carbons (Fsp3) is 0.417. The predicted molar refractivity (Wildman–Crippen MR) is 61.7 cm³/mol. The Hall–Kier alpha value is -1.55. The van der Waals surface area contributed by atoms with E-state index >= 15 is 0 Å². The maximum absolute atomic E-state index is 11.8. The lowest BCUT2D eigenvalue weighted by atomic mass is 10.1. The zero-order valence-electron chi connectivity index (χ0n) is 9.78. The van der Waals surface area contributed by atoms with E-state index in [4.69, 9.17) is 9.84 Å². The fourth-order valence-electron chi connectivity index (χ4n) is 1.33. The number of carbonyl (C=O) groups excluding carboxylic acids is 1. The molecule has 0 aliphatic rings. The molecule has 0 saturated carbocycles. The van der Waals surface area contributed by atoms with E-state index in [0.717, 1.165) is 5.56 Å². The molecular weight excluding hydrogens is 206 g/mol. The van der Waals surface area contributed by atoms with Gasteiger partial charge in [0.1, 0.15) is 5.75 Å². The average Bonchev–Trinajstić information content (AvgIpc) is 2.25. The summed E-state index contributed by atoms with van der Waals surface area (Å²) in [7, 11) is 1.52. The number of aliphatic hydroxyl groups is 1. The SMILES string of the molecule is COc1ccc(C)cc1C(=O)NCC(C)O. The van der Waals surface area contributed by atoms with Gasteiger partial charge >= 0.3 is 0 Å². The minimum absolute atomic E-state index is 0.232. The van der Waals surface area contributed by atoms with Crippen LogP contribution in [0.5, 0.6) is 5.75 Å². The van der Waals surface area contributed by atoms with E-state index in [2.05, 4.69) is 5.32 Å². The van der Waals surface area contributed by atoms with Gasteiger partial charge in [0.25, 0.3) is 5.91 Å². The highest BCUT2D eigenvalue weighted by molar-refractivity contribution is 5.97. The molecule has 4 nitrogen and oxygen atoms in total. The van der Waals surface area contributed by atoms with Crippen LogP contribution in [-0.2, 0) is 0 Å². The van der Waals surface area contributed by atoms with Gasteiger partial charge in [0.15, 0.2) is 0 Å². The second-order valence-electron chi connectivity index (χ2n) is 3.76. The number of aryl methyl sites for hydroxylation is 1. The van der Waals surface area contributed by atoms with Crippen LogP contribution in [0.25, 0.3) is 0 Å². The summed E-state index contributed by atoms with van der Waals surface area (Å²) in [5.41, 5.74) is 1.48. The van der Waals surface area contributed by atoms with Crippen molar-refractivity contribution in [2.45, 2.75) is 20.0 Å². The fourth-order valence-corrected chi connectivity index (χ4v) is 1.33. The summed E-state index contributed by atoms with van der Waals surface area (Å²) < 4.78 is 5.10. The Morgan fingerprint density at radius 1 is 1.56 bits per heavy atom. The molecule has 1 aromatic rings. The van der Waals surface area contributed by atoms with Crippen molar-refractivity contribution >= 4 is 5.91 Å². The lowest BCUT2D eigenvalue weighted by molar-refractivity contribution is 0.0921. The maximum atomic E-state index is 11.8. The van der Waals surface area contributed by atoms with Crippen LogP contribution in [0.2, 0.25) is 0 Å². The van der Waals surface area contributed by atoms with Crippen LogP contribution in [0.1, 0.15) is 22.8 Å². The molecule has 0 heterocycles. The standard InChI is InChI=1S/C12H17NO3/c1-8-4-5-11(16-3)10(6-8)12(15)13-7-9(2)14/h4-6,9,14H,7H2,1-3H3,(H,13,15). The first-order valence-corrected chi connectivity index (χ1v) is 5.15. The van der Waals surface area contributed by atoms with E-state index in [1.807, 2.05) is 13.0 Å². The molecule has 0 aliphatic heterocycles. The Bertz CT molecular complexity index is 375. The van der Waals surface area contributed by atoms with Crippen LogP contribution in [-0.4, -0.2) is 30.8 Å². The van der Waals surface area contributed by atoms with Crippen molar-refractivity contribution in [3.63, 3.8) is 0 Å². The second-order valence-corrected chi connectivity index (χ2v) is 3.76. The summed E-state index contributed by atoms with van der Waals surface area (Å²) >= 11 is 0. The minimum Gasteiger partial charge on any atom is -0.496 e. The van der Waals surface area contributed by atoms with Crippen LogP contribution < -0.4 is 10.1 Å². The zero-order chi connectivity index (χ0) is 12.1. The Labute approximate surface area is 95.2 Å². The lowest BCUT2D eigenvalue weighted by Crippen LogP contribution is -2.30. The number of nitrogens with one attached hydrogen (secondary N) is 1. The van der Waals surface area contributed by atoms with Crippen LogP contribution in [0.4, 0.5) is 0 Å². The summed E-state index contributed by atoms with van der Waals surface area (Å²) in [5.74, 6) is 0.301. The molecule has 0 radical (unpaired) electrons. The molecule has 2 N–H and O–H groups in total. The number of ether oxygens (including phenoxy) is 1. The Morgan fingerprint density at radius 2 is 2.25 bits per heavy atom. The number of rotatable bonds is 4. The number of hydrogen-bond donors (Lipinski definition) is 2. The smallest absolute Gasteiger partial charge is 0.255 e. The molecule has 0 aliphatic carbocycles. The van der Waals surface area contributed by atoms with E-state index < -0.39 is 6.10 Å². The molecule has 1 atom stereocenters. The highest BCUT2D eigenvalue weighted by Crippen LogP contribution is 2.19. The first kappa shape index (κ1) is 12.5. The van der Waals surface area contributed by atoms with Crippen molar-refractivity contribution in [2.24, 2.45) is 0 Å². The number of hydrogen-bond acceptors (Lipinski definition) is 3. The van der Waals surface area contributed by atoms with Crippen LogP contribution in [0.3, 0.4) is 0 Å². The summed E-state index contributed by atoms with van der Waals surface area (Å²) in [5, 5.41) is 11.7. The van der Waals surface area contributed by atoms with Crippen molar-refractivity contribution in [1.82, 2.24) is 5.32 Å². The summed E-state index contributed by atoms with van der Waals surface area (Å²) in [6, 6.07) is 5.40. The molecule has 16 heavy (non-hydrogen) atoms. The minimum atomic E-state index is -0.556. The monoisotopic (exact) mass is 223 g/mol. The first-order chi connectivity index (χ1) is 7.54. The number of amides is 1. The predicted octanol–water partition coefficient (Wildman–Crippen LogP) is 1.11. The van der Waals surface area contributed by atoms with E-state index in [9.17, 15) is 4.79 Å². The van der Waals surface area contributed by atoms with Crippen molar-refractivity contribution < 1.29 is 14.6 Å². The summed E-state index contributed by atoms with van der Waals surface area (Å²) in [6.07, 6.45) is -0.556. The van der Waals surface area contributed by atoms with Gasteiger partial charge in [0, 0.05) is 6.54 Å². The third-order valence-electron chi connectivity index (χ3n) is 2.16. The van der Waals surface area contributed by atoms with Crippen LogP contribution in [0, 0.1) is 6.92 Å². The summed E-state index contributed by atoms with van der Waals surface area (Å²) in [6.45, 7) is 3.76. The number of methoxy groups -OCH3 is 1. The molecule has 1 rings (SSSR count). The van der Waals surface area contributed by atoms with Gasteiger partial charge in [0.2, 0.25) is 0 Å². The Kier molecular flexibility index (Phi) is 4.31.